The zero-order valence-corrected chi connectivity index (χ0v) is 17.3. The van der Waals surface area contributed by atoms with Crippen LogP contribution in [0.3, 0.4) is 0 Å². The molecule has 2 aromatic carbocycles. The Bertz CT molecular complexity index is 924. The van der Waals surface area contributed by atoms with Crippen LogP contribution in [0.1, 0.15) is 44.7 Å². The van der Waals surface area contributed by atoms with E-state index in [1.54, 1.807) is 32.4 Å². The SMILES string of the molecule is COc1ccc(C2(NS(=O)(=O)c3ccc(C(C)(C)C)cc3)CC2)cc1OC. The standard InChI is InChI=1S/C21H27NO4S/c1-20(2,3)15-6-9-17(10-7-15)27(23,24)22-21(12-13-21)16-8-11-18(25-4)19(14-16)26-5/h6-11,14,22H,12-13H2,1-5H3. The van der Waals surface area contributed by atoms with Crippen molar-refractivity contribution in [2.45, 2.75) is 49.5 Å². The molecule has 1 aliphatic rings. The van der Waals surface area contributed by atoms with E-state index in [1.807, 2.05) is 24.3 Å². The van der Waals surface area contributed by atoms with Crippen molar-refractivity contribution in [3.05, 3.63) is 53.6 Å². The summed E-state index contributed by atoms with van der Waals surface area (Å²) >= 11 is 0. The fraction of sp³-hybridized carbons (Fsp3) is 0.429. The van der Waals surface area contributed by atoms with Gasteiger partial charge in [0.05, 0.1) is 24.7 Å². The Kier molecular flexibility index (Phi) is 4.99. The van der Waals surface area contributed by atoms with Gasteiger partial charge in [-0.3, -0.25) is 0 Å². The number of nitrogens with one attached hydrogen (secondary N) is 1. The number of methoxy groups -OCH3 is 2. The maximum atomic E-state index is 12.9. The molecule has 2 aromatic rings. The molecule has 0 saturated heterocycles. The second-order valence-corrected chi connectivity index (χ2v) is 9.71. The molecule has 5 nitrogen and oxygen atoms in total. The van der Waals surface area contributed by atoms with Crippen LogP contribution in [0.2, 0.25) is 0 Å². The second-order valence-electron chi connectivity index (χ2n) is 8.03. The third kappa shape index (κ3) is 3.96. The van der Waals surface area contributed by atoms with E-state index in [0.29, 0.717) is 11.5 Å². The number of benzene rings is 2. The van der Waals surface area contributed by atoms with Gasteiger partial charge in [-0.05, 0) is 53.6 Å². The van der Waals surface area contributed by atoms with Gasteiger partial charge in [0.2, 0.25) is 10.0 Å². The second kappa shape index (κ2) is 6.84. The molecule has 3 rings (SSSR count). The van der Waals surface area contributed by atoms with Gasteiger partial charge in [0.1, 0.15) is 0 Å². The Hall–Kier alpha value is -2.05. The van der Waals surface area contributed by atoms with Crippen LogP contribution in [0.15, 0.2) is 47.4 Å². The lowest BCUT2D eigenvalue weighted by Gasteiger charge is -2.21. The Morgan fingerprint density at radius 3 is 2.00 bits per heavy atom. The van der Waals surface area contributed by atoms with Gasteiger partial charge in [0.25, 0.3) is 0 Å². The molecular formula is C21H27NO4S. The first-order valence-electron chi connectivity index (χ1n) is 8.98. The van der Waals surface area contributed by atoms with Crippen molar-refractivity contribution < 1.29 is 17.9 Å². The fourth-order valence-electron chi connectivity index (χ4n) is 3.16. The first-order chi connectivity index (χ1) is 12.6. The summed E-state index contributed by atoms with van der Waals surface area (Å²) in [5.74, 6) is 1.22. The van der Waals surface area contributed by atoms with E-state index in [2.05, 4.69) is 25.5 Å². The predicted molar refractivity (Wildman–Crippen MR) is 106 cm³/mol. The van der Waals surface area contributed by atoms with Crippen molar-refractivity contribution in [3.63, 3.8) is 0 Å². The molecule has 0 aliphatic heterocycles. The van der Waals surface area contributed by atoms with E-state index < -0.39 is 15.6 Å². The zero-order valence-electron chi connectivity index (χ0n) is 16.5. The minimum absolute atomic E-state index is 0.0208. The first kappa shape index (κ1) is 19.7. The normalized spacial score (nSPS) is 16.0. The maximum absolute atomic E-state index is 12.9. The molecule has 0 atom stereocenters. The Balaban J connectivity index is 1.87. The quantitative estimate of drug-likeness (QED) is 0.812. The predicted octanol–water partition coefficient (Wildman–Crippen LogP) is 3.97. The minimum Gasteiger partial charge on any atom is -0.493 e. The van der Waals surface area contributed by atoms with Crippen molar-refractivity contribution in [3.8, 4) is 11.5 Å². The Morgan fingerprint density at radius 1 is 0.926 bits per heavy atom. The molecule has 146 valence electrons. The number of ether oxygens (including phenoxy) is 2. The highest BCUT2D eigenvalue weighted by atomic mass is 32.2. The van der Waals surface area contributed by atoms with Crippen LogP contribution in [-0.2, 0) is 21.0 Å². The van der Waals surface area contributed by atoms with Crippen LogP contribution in [0.5, 0.6) is 11.5 Å². The van der Waals surface area contributed by atoms with Crippen molar-refractivity contribution >= 4 is 10.0 Å². The Morgan fingerprint density at radius 2 is 1.52 bits per heavy atom. The molecule has 0 aromatic heterocycles. The minimum atomic E-state index is -3.62. The average Bonchev–Trinajstić information content (AvgIpc) is 3.40. The molecule has 27 heavy (non-hydrogen) atoms. The summed E-state index contributed by atoms with van der Waals surface area (Å²) in [6, 6.07) is 12.6. The number of hydrogen-bond acceptors (Lipinski definition) is 4. The van der Waals surface area contributed by atoms with E-state index >= 15 is 0 Å². The van der Waals surface area contributed by atoms with Crippen LogP contribution in [0.4, 0.5) is 0 Å². The van der Waals surface area contributed by atoms with Crippen molar-refractivity contribution in [1.29, 1.82) is 0 Å². The van der Waals surface area contributed by atoms with E-state index in [0.717, 1.165) is 24.0 Å². The molecule has 0 unspecified atom stereocenters. The van der Waals surface area contributed by atoms with Gasteiger partial charge in [0, 0.05) is 0 Å². The highest BCUT2D eigenvalue weighted by Crippen LogP contribution is 2.48. The molecule has 1 aliphatic carbocycles. The summed E-state index contributed by atoms with van der Waals surface area (Å²) in [4.78, 5) is 0.280. The monoisotopic (exact) mass is 389 g/mol. The largest absolute Gasteiger partial charge is 0.493 e. The summed E-state index contributed by atoms with van der Waals surface area (Å²) in [6.07, 6.45) is 1.50. The molecule has 1 saturated carbocycles. The zero-order chi connectivity index (χ0) is 19.9. The van der Waals surface area contributed by atoms with E-state index in [-0.39, 0.29) is 10.3 Å². The van der Waals surface area contributed by atoms with Gasteiger partial charge < -0.3 is 9.47 Å². The van der Waals surface area contributed by atoms with Crippen LogP contribution >= 0.6 is 0 Å². The molecule has 0 radical (unpaired) electrons. The summed E-state index contributed by atoms with van der Waals surface area (Å²) in [5, 5.41) is 0. The first-order valence-corrected chi connectivity index (χ1v) is 10.5. The molecule has 1 N–H and O–H groups in total. The molecule has 0 amide bonds. The van der Waals surface area contributed by atoms with Gasteiger partial charge in [-0.1, -0.05) is 39.0 Å². The highest BCUT2D eigenvalue weighted by Gasteiger charge is 2.48. The number of hydrogen-bond donors (Lipinski definition) is 1. The molecule has 0 heterocycles. The van der Waals surface area contributed by atoms with E-state index in [1.165, 1.54) is 0 Å². The third-order valence-electron chi connectivity index (χ3n) is 5.05. The van der Waals surface area contributed by atoms with Gasteiger partial charge in [-0.2, -0.15) is 0 Å². The summed E-state index contributed by atoms with van der Waals surface area (Å²) in [6.45, 7) is 6.31. The molecular weight excluding hydrogens is 362 g/mol. The highest BCUT2D eigenvalue weighted by molar-refractivity contribution is 7.89. The third-order valence-corrected chi connectivity index (χ3v) is 6.60. The van der Waals surface area contributed by atoms with Gasteiger partial charge >= 0.3 is 0 Å². The van der Waals surface area contributed by atoms with E-state index in [9.17, 15) is 8.42 Å². The van der Waals surface area contributed by atoms with Crippen LogP contribution in [0.25, 0.3) is 0 Å². The van der Waals surface area contributed by atoms with Gasteiger partial charge in [-0.15, -0.1) is 0 Å². The van der Waals surface area contributed by atoms with Gasteiger partial charge in [0.15, 0.2) is 11.5 Å². The van der Waals surface area contributed by atoms with Crippen LogP contribution in [0, 0.1) is 0 Å². The lowest BCUT2D eigenvalue weighted by Crippen LogP contribution is -2.34. The average molecular weight is 390 g/mol. The smallest absolute Gasteiger partial charge is 0.241 e. The summed E-state index contributed by atoms with van der Waals surface area (Å²) in [5.41, 5.74) is 1.38. The van der Waals surface area contributed by atoms with Crippen molar-refractivity contribution in [2.24, 2.45) is 0 Å². The topological polar surface area (TPSA) is 64.6 Å². The maximum Gasteiger partial charge on any atom is 0.241 e. The van der Waals surface area contributed by atoms with Crippen LogP contribution in [-0.4, -0.2) is 22.6 Å². The molecule has 0 bridgehead atoms. The van der Waals surface area contributed by atoms with E-state index in [4.69, 9.17) is 9.47 Å². The van der Waals surface area contributed by atoms with Crippen LogP contribution < -0.4 is 14.2 Å². The van der Waals surface area contributed by atoms with Crippen molar-refractivity contribution in [1.82, 2.24) is 4.72 Å². The molecule has 1 fully saturated rings. The van der Waals surface area contributed by atoms with Gasteiger partial charge in [-0.25, -0.2) is 13.1 Å². The van der Waals surface area contributed by atoms with Crippen molar-refractivity contribution in [2.75, 3.05) is 14.2 Å². The summed E-state index contributed by atoms with van der Waals surface area (Å²) < 4.78 is 39.4. The molecule has 6 heteroatoms. The number of rotatable bonds is 6. The lowest BCUT2D eigenvalue weighted by atomic mass is 9.87. The summed E-state index contributed by atoms with van der Waals surface area (Å²) in [7, 11) is -0.474. The lowest BCUT2D eigenvalue weighted by molar-refractivity contribution is 0.354. The fourth-order valence-corrected chi connectivity index (χ4v) is 4.61. The number of sulfonamides is 1. The Labute approximate surface area is 161 Å². The molecule has 0 spiro atoms.